The van der Waals surface area contributed by atoms with Gasteiger partial charge in [-0.2, -0.15) is 0 Å². The Kier molecular flexibility index (Phi) is 3.92. The summed E-state index contributed by atoms with van der Waals surface area (Å²) in [7, 11) is 0. The monoisotopic (exact) mass is 273 g/mol. The molecule has 0 aliphatic carbocycles. The van der Waals surface area contributed by atoms with Crippen LogP contribution in [0, 0.1) is 0 Å². The van der Waals surface area contributed by atoms with Crippen molar-refractivity contribution in [3.8, 4) is 0 Å². The van der Waals surface area contributed by atoms with Crippen molar-refractivity contribution >= 4 is 29.1 Å². The largest absolute Gasteiger partial charge is 0.368 e. The van der Waals surface area contributed by atoms with Gasteiger partial charge in [0.2, 0.25) is 5.91 Å². The number of rotatable bonds is 4. The summed E-state index contributed by atoms with van der Waals surface area (Å²) in [5.74, 6) is -0.0360. The number of hydrogen-bond acceptors (Lipinski definition) is 2. The fourth-order valence-corrected chi connectivity index (χ4v) is 1.88. The molecule has 92 valence electrons. The minimum Gasteiger partial charge on any atom is -0.368 e. The van der Waals surface area contributed by atoms with E-state index >= 15 is 0 Å². The molecule has 1 heterocycles. The zero-order valence-corrected chi connectivity index (χ0v) is 10.9. The second-order valence-corrected chi connectivity index (χ2v) is 4.92. The minimum absolute atomic E-state index is 0.0360. The average Bonchev–Trinajstić information content (AvgIpc) is 2.97. The molecule has 0 radical (unpaired) electrons. The van der Waals surface area contributed by atoms with Crippen LogP contribution in [0.1, 0.15) is 12.5 Å². The lowest BCUT2D eigenvalue weighted by molar-refractivity contribution is -0.120. The highest BCUT2D eigenvalue weighted by atomic mass is 35.5. The van der Waals surface area contributed by atoms with Crippen molar-refractivity contribution in [3.63, 3.8) is 0 Å². The zero-order valence-electron chi connectivity index (χ0n) is 9.37. The van der Waals surface area contributed by atoms with E-state index in [2.05, 4.69) is 5.32 Å². The number of halogens is 2. The van der Waals surface area contributed by atoms with Gasteiger partial charge in [0.05, 0.1) is 22.6 Å². The number of nitrogens with one attached hydrogen (secondary N) is 1. The van der Waals surface area contributed by atoms with Crippen molar-refractivity contribution in [1.82, 2.24) is 5.32 Å². The number of carbonyl (C=O) groups is 1. The van der Waals surface area contributed by atoms with Crippen LogP contribution in [0.4, 0.5) is 0 Å². The third-order valence-corrected chi connectivity index (χ3v) is 3.42. The van der Waals surface area contributed by atoms with Crippen molar-refractivity contribution < 1.29 is 9.53 Å². The minimum atomic E-state index is -0.0360. The van der Waals surface area contributed by atoms with Gasteiger partial charge >= 0.3 is 0 Å². The maximum atomic E-state index is 11.6. The highest BCUT2D eigenvalue weighted by Crippen LogP contribution is 2.23. The van der Waals surface area contributed by atoms with Gasteiger partial charge in [0.15, 0.2) is 0 Å². The Bertz CT molecular complexity index is 437. The quantitative estimate of drug-likeness (QED) is 0.857. The topological polar surface area (TPSA) is 41.6 Å². The molecule has 5 heteroatoms. The van der Waals surface area contributed by atoms with Crippen molar-refractivity contribution in [2.45, 2.75) is 25.6 Å². The molecule has 17 heavy (non-hydrogen) atoms. The Morgan fingerprint density at radius 2 is 2.12 bits per heavy atom. The summed E-state index contributed by atoms with van der Waals surface area (Å²) in [6, 6.07) is 5.20. The first kappa shape index (κ1) is 12.7. The van der Waals surface area contributed by atoms with Crippen LogP contribution < -0.4 is 5.32 Å². The molecule has 1 aromatic rings. The summed E-state index contributed by atoms with van der Waals surface area (Å²) in [6.45, 7) is 2.55. The van der Waals surface area contributed by atoms with Crippen LogP contribution in [0.3, 0.4) is 0 Å². The summed E-state index contributed by atoms with van der Waals surface area (Å²) >= 11 is 11.7. The molecule has 1 aliphatic heterocycles. The molecular weight excluding hydrogens is 261 g/mol. The lowest BCUT2D eigenvalue weighted by atomic mass is 10.1. The molecule has 2 atom stereocenters. The molecule has 1 saturated heterocycles. The van der Waals surface area contributed by atoms with Gasteiger partial charge in [0, 0.05) is 6.54 Å². The van der Waals surface area contributed by atoms with E-state index in [9.17, 15) is 4.79 Å². The van der Waals surface area contributed by atoms with Gasteiger partial charge in [-0.3, -0.25) is 4.79 Å². The maximum absolute atomic E-state index is 11.6. The van der Waals surface area contributed by atoms with Crippen LogP contribution in [0.2, 0.25) is 10.0 Å². The van der Waals surface area contributed by atoms with Crippen LogP contribution >= 0.6 is 23.2 Å². The normalized spacial score (nSPS) is 22.3. The van der Waals surface area contributed by atoms with E-state index in [1.165, 1.54) is 0 Å². The highest BCUT2D eigenvalue weighted by Gasteiger charge is 2.33. The van der Waals surface area contributed by atoms with Gasteiger partial charge in [0.1, 0.15) is 6.10 Å². The van der Waals surface area contributed by atoms with Gasteiger partial charge in [-0.05, 0) is 24.6 Å². The molecule has 1 aromatic carbocycles. The second kappa shape index (κ2) is 5.25. The number of carbonyl (C=O) groups excluding carboxylic acids is 1. The molecular formula is C12H13Cl2NO2. The Morgan fingerprint density at radius 1 is 1.41 bits per heavy atom. The number of benzene rings is 1. The molecule has 0 saturated carbocycles. The molecule has 1 aliphatic rings. The van der Waals surface area contributed by atoms with E-state index in [1.807, 2.05) is 6.92 Å². The highest BCUT2D eigenvalue weighted by molar-refractivity contribution is 6.42. The van der Waals surface area contributed by atoms with Crippen molar-refractivity contribution in [3.05, 3.63) is 33.8 Å². The van der Waals surface area contributed by atoms with E-state index in [4.69, 9.17) is 27.9 Å². The number of amides is 1. The Hall–Kier alpha value is -0.770. The third-order valence-electron chi connectivity index (χ3n) is 2.69. The van der Waals surface area contributed by atoms with Crippen LogP contribution in [0.25, 0.3) is 0 Å². The van der Waals surface area contributed by atoms with Crippen LogP contribution in [0.5, 0.6) is 0 Å². The molecule has 0 aromatic heterocycles. The Morgan fingerprint density at radius 3 is 2.71 bits per heavy atom. The van der Waals surface area contributed by atoms with E-state index in [-0.39, 0.29) is 18.1 Å². The summed E-state index contributed by atoms with van der Waals surface area (Å²) < 4.78 is 5.20. The van der Waals surface area contributed by atoms with Gasteiger partial charge in [0.25, 0.3) is 0 Å². The average molecular weight is 274 g/mol. The smallest absolute Gasteiger partial charge is 0.224 e. The van der Waals surface area contributed by atoms with Crippen molar-refractivity contribution in [2.24, 2.45) is 0 Å². The number of epoxide rings is 1. The summed E-state index contributed by atoms with van der Waals surface area (Å²) in [4.78, 5) is 11.6. The molecule has 0 bridgehead atoms. The van der Waals surface area contributed by atoms with E-state index in [1.54, 1.807) is 18.2 Å². The number of hydrogen-bond donors (Lipinski definition) is 1. The number of ether oxygens (including phenoxy) is 1. The van der Waals surface area contributed by atoms with E-state index < -0.39 is 0 Å². The van der Waals surface area contributed by atoms with Gasteiger partial charge < -0.3 is 10.1 Å². The van der Waals surface area contributed by atoms with Gasteiger partial charge in [-0.15, -0.1) is 0 Å². The molecule has 1 amide bonds. The fourth-order valence-electron chi connectivity index (χ4n) is 1.56. The maximum Gasteiger partial charge on any atom is 0.224 e. The molecule has 2 unspecified atom stereocenters. The van der Waals surface area contributed by atoms with Gasteiger partial charge in [-0.25, -0.2) is 0 Å². The predicted molar refractivity (Wildman–Crippen MR) is 67.5 cm³/mol. The van der Waals surface area contributed by atoms with E-state index in [0.29, 0.717) is 23.0 Å². The van der Waals surface area contributed by atoms with Crippen LogP contribution in [-0.2, 0) is 16.0 Å². The first-order valence-corrected chi connectivity index (χ1v) is 6.18. The standard InChI is InChI=1S/C12H13Cl2NO2/c1-7-11(17-7)6-15-12(16)5-8-2-3-9(13)10(14)4-8/h2-4,7,11H,5-6H2,1H3,(H,15,16). The van der Waals surface area contributed by atoms with Crippen LogP contribution in [-0.4, -0.2) is 24.7 Å². The first-order chi connectivity index (χ1) is 8.06. The summed E-state index contributed by atoms with van der Waals surface area (Å²) in [6.07, 6.45) is 0.742. The lowest BCUT2D eigenvalue weighted by Gasteiger charge is -2.04. The van der Waals surface area contributed by atoms with E-state index in [0.717, 1.165) is 5.56 Å². The molecule has 1 N–H and O–H groups in total. The van der Waals surface area contributed by atoms with Crippen molar-refractivity contribution in [2.75, 3.05) is 6.54 Å². The summed E-state index contributed by atoms with van der Waals surface area (Å²) in [5, 5.41) is 3.78. The summed E-state index contributed by atoms with van der Waals surface area (Å²) in [5.41, 5.74) is 0.849. The van der Waals surface area contributed by atoms with Crippen LogP contribution in [0.15, 0.2) is 18.2 Å². The lowest BCUT2D eigenvalue weighted by Crippen LogP contribution is -2.29. The fraction of sp³-hybridized carbons (Fsp3) is 0.417. The first-order valence-electron chi connectivity index (χ1n) is 5.42. The predicted octanol–water partition coefficient (Wildman–Crippen LogP) is 2.44. The third kappa shape index (κ3) is 3.60. The zero-order chi connectivity index (χ0) is 12.4. The molecule has 2 rings (SSSR count). The second-order valence-electron chi connectivity index (χ2n) is 4.11. The molecule has 0 spiro atoms. The Balaban J connectivity index is 1.82. The Labute approximate surface area is 110 Å². The molecule has 3 nitrogen and oxygen atoms in total. The SMILES string of the molecule is CC1OC1CNC(=O)Cc1ccc(Cl)c(Cl)c1. The molecule has 1 fully saturated rings. The van der Waals surface area contributed by atoms with Gasteiger partial charge in [-0.1, -0.05) is 29.3 Å². The van der Waals surface area contributed by atoms with Crippen molar-refractivity contribution in [1.29, 1.82) is 0 Å².